The zero-order valence-electron chi connectivity index (χ0n) is 17.4. The molecule has 0 aliphatic rings. The fourth-order valence-electron chi connectivity index (χ4n) is 2.64. The van der Waals surface area contributed by atoms with Crippen LogP contribution >= 0.6 is 0 Å². The molecule has 1 rings (SSSR count). The number of carboxylic acids is 1. The summed E-state index contributed by atoms with van der Waals surface area (Å²) in [5.41, 5.74) is 11.6. The van der Waals surface area contributed by atoms with E-state index >= 15 is 0 Å². The lowest BCUT2D eigenvalue weighted by atomic mass is 9.97. The van der Waals surface area contributed by atoms with E-state index in [-0.39, 0.29) is 12.3 Å². The number of amides is 4. The third-order valence-electron chi connectivity index (χ3n) is 4.58. The number of nitrogens with two attached hydrogens (primary N) is 2. The number of aromatic amines is 1. The minimum atomic E-state index is -1.36. The molecule has 0 fully saturated rings. The van der Waals surface area contributed by atoms with Crippen molar-refractivity contribution in [2.45, 2.75) is 51.2 Å². The molecule has 172 valence electrons. The molecule has 0 aromatic carbocycles. The molecule has 31 heavy (non-hydrogen) atoms. The van der Waals surface area contributed by atoms with Crippen molar-refractivity contribution >= 4 is 29.6 Å². The van der Waals surface area contributed by atoms with Gasteiger partial charge >= 0.3 is 5.97 Å². The Bertz CT molecular complexity index is 782. The van der Waals surface area contributed by atoms with Crippen LogP contribution < -0.4 is 27.4 Å². The lowest BCUT2D eigenvalue weighted by Crippen LogP contribution is -2.58. The maximum atomic E-state index is 12.7. The second-order valence-corrected chi connectivity index (χ2v) is 7.10. The molecular formula is C18H29N7O6. The fourth-order valence-corrected chi connectivity index (χ4v) is 2.64. The average molecular weight is 439 g/mol. The highest BCUT2D eigenvalue weighted by atomic mass is 16.4. The molecule has 0 saturated heterocycles. The largest absolute Gasteiger partial charge is 0.480 e. The summed E-state index contributed by atoms with van der Waals surface area (Å²) in [5.74, 6) is -4.68. The average Bonchev–Trinajstić information content (AvgIpc) is 3.21. The quantitative estimate of drug-likeness (QED) is 0.172. The Morgan fingerprint density at radius 1 is 1.16 bits per heavy atom. The van der Waals surface area contributed by atoms with Crippen molar-refractivity contribution < 1.29 is 29.1 Å². The Morgan fingerprint density at radius 3 is 2.35 bits per heavy atom. The van der Waals surface area contributed by atoms with Gasteiger partial charge in [0.15, 0.2) is 0 Å². The van der Waals surface area contributed by atoms with Gasteiger partial charge in [0.25, 0.3) is 0 Å². The third-order valence-corrected chi connectivity index (χ3v) is 4.58. The molecule has 4 unspecified atom stereocenters. The standard InChI is InChI=1S/C18H29N7O6/c1-3-9(2)15(18(31)22-7-14(27)28)25-17(30)12(5-13(20)26)24-16(29)11(19)4-10-6-21-8-23-10/h6,8-9,11-12,15H,3-5,7,19H2,1-2H3,(H2,20,26)(H,21,23)(H,22,31)(H,24,29)(H,25,30)(H,27,28). The number of H-pyrrole nitrogens is 1. The molecule has 0 saturated carbocycles. The maximum Gasteiger partial charge on any atom is 0.322 e. The van der Waals surface area contributed by atoms with Gasteiger partial charge in [-0.1, -0.05) is 20.3 Å². The first-order valence-corrected chi connectivity index (χ1v) is 9.66. The maximum absolute atomic E-state index is 12.7. The molecule has 0 aliphatic carbocycles. The van der Waals surface area contributed by atoms with Gasteiger partial charge in [-0.15, -0.1) is 0 Å². The Kier molecular flexibility index (Phi) is 10.1. The number of imidazole rings is 1. The van der Waals surface area contributed by atoms with Gasteiger partial charge in [0, 0.05) is 18.3 Å². The molecule has 13 nitrogen and oxygen atoms in total. The van der Waals surface area contributed by atoms with E-state index in [0.717, 1.165) is 0 Å². The van der Waals surface area contributed by atoms with E-state index in [9.17, 15) is 24.0 Å². The summed E-state index contributed by atoms with van der Waals surface area (Å²) in [4.78, 5) is 66.2. The summed E-state index contributed by atoms with van der Waals surface area (Å²) in [5, 5.41) is 15.8. The van der Waals surface area contributed by atoms with Crippen LogP contribution in [-0.4, -0.2) is 69.3 Å². The smallest absolute Gasteiger partial charge is 0.322 e. The number of hydrogen-bond donors (Lipinski definition) is 7. The van der Waals surface area contributed by atoms with Crippen LogP contribution in [0.4, 0.5) is 0 Å². The predicted octanol–water partition coefficient (Wildman–Crippen LogP) is -2.63. The number of nitrogens with one attached hydrogen (secondary N) is 4. The van der Waals surface area contributed by atoms with Crippen molar-refractivity contribution in [2.24, 2.45) is 17.4 Å². The summed E-state index contributed by atoms with van der Waals surface area (Å²) in [6.45, 7) is 2.85. The van der Waals surface area contributed by atoms with Crippen molar-refractivity contribution in [1.82, 2.24) is 25.9 Å². The molecule has 4 atom stereocenters. The lowest BCUT2D eigenvalue weighted by molar-refractivity contribution is -0.139. The van der Waals surface area contributed by atoms with Crippen LogP contribution in [0.2, 0.25) is 0 Å². The molecule has 1 aromatic heterocycles. The second kappa shape index (κ2) is 12.3. The van der Waals surface area contributed by atoms with E-state index in [1.54, 1.807) is 13.8 Å². The number of carboxylic acid groups (broad SMARTS) is 1. The number of hydrogen-bond acceptors (Lipinski definition) is 7. The van der Waals surface area contributed by atoms with E-state index in [2.05, 4.69) is 25.9 Å². The Labute approximate surface area is 178 Å². The van der Waals surface area contributed by atoms with Crippen molar-refractivity contribution in [3.63, 3.8) is 0 Å². The highest BCUT2D eigenvalue weighted by molar-refractivity contribution is 5.96. The van der Waals surface area contributed by atoms with Gasteiger partial charge < -0.3 is 37.5 Å². The van der Waals surface area contributed by atoms with Gasteiger partial charge in [0.1, 0.15) is 18.6 Å². The number of nitrogens with zero attached hydrogens (tertiary/aromatic N) is 1. The van der Waals surface area contributed by atoms with E-state index < -0.39 is 60.7 Å². The van der Waals surface area contributed by atoms with Crippen molar-refractivity contribution in [2.75, 3.05) is 6.54 Å². The minimum absolute atomic E-state index is 0.115. The summed E-state index contributed by atoms with van der Waals surface area (Å²) in [6.07, 6.45) is 3.01. The van der Waals surface area contributed by atoms with Crippen molar-refractivity contribution in [3.05, 3.63) is 18.2 Å². The van der Waals surface area contributed by atoms with E-state index in [0.29, 0.717) is 12.1 Å². The molecule has 0 bridgehead atoms. The first-order chi connectivity index (χ1) is 14.5. The van der Waals surface area contributed by atoms with Gasteiger partial charge in [0.05, 0.1) is 18.8 Å². The molecule has 1 aromatic rings. The number of aromatic nitrogens is 2. The summed E-state index contributed by atoms with van der Waals surface area (Å²) >= 11 is 0. The number of aliphatic carboxylic acids is 1. The zero-order chi connectivity index (χ0) is 23.6. The van der Waals surface area contributed by atoms with Crippen LogP contribution in [-0.2, 0) is 30.4 Å². The monoisotopic (exact) mass is 439 g/mol. The Hall–Kier alpha value is -3.48. The normalized spacial score (nSPS) is 14.5. The van der Waals surface area contributed by atoms with Gasteiger partial charge in [-0.25, -0.2) is 4.98 Å². The molecule has 0 radical (unpaired) electrons. The van der Waals surface area contributed by atoms with Gasteiger partial charge in [-0.3, -0.25) is 24.0 Å². The SMILES string of the molecule is CCC(C)C(NC(=O)C(CC(N)=O)NC(=O)C(N)Cc1cnc[nH]1)C(=O)NCC(=O)O. The van der Waals surface area contributed by atoms with Crippen LogP contribution in [0.1, 0.15) is 32.4 Å². The first-order valence-electron chi connectivity index (χ1n) is 9.66. The third kappa shape index (κ3) is 8.82. The van der Waals surface area contributed by atoms with E-state index in [1.165, 1.54) is 12.5 Å². The molecule has 0 aliphatic heterocycles. The number of carbonyl (C=O) groups is 5. The second-order valence-electron chi connectivity index (χ2n) is 7.10. The van der Waals surface area contributed by atoms with Crippen LogP contribution in [0, 0.1) is 5.92 Å². The molecule has 1 heterocycles. The summed E-state index contributed by atoms with van der Waals surface area (Å²) in [7, 11) is 0. The van der Waals surface area contributed by atoms with Crippen LogP contribution in [0.5, 0.6) is 0 Å². The molecular weight excluding hydrogens is 410 g/mol. The number of rotatable bonds is 13. The first kappa shape index (κ1) is 25.6. The lowest BCUT2D eigenvalue weighted by Gasteiger charge is -2.26. The Morgan fingerprint density at radius 2 is 1.84 bits per heavy atom. The van der Waals surface area contributed by atoms with Gasteiger partial charge in [-0.2, -0.15) is 0 Å². The topological polar surface area (TPSA) is 222 Å². The van der Waals surface area contributed by atoms with Gasteiger partial charge in [-0.05, 0) is 5.92 Å². The highest BCUT2D eigenvalue weighted by Crippen LogP contribution is 2.09. The molecule has 9 N–H and O–H groups in total. The van der Waals surface area contributed by atoms with Crippen LogP contribution in [0.3, 0.4) is 0 Å². The molecule has 13 heteroatoms. The Balaban J connectivity index is 2.87. The summed E-state index contributed by atoms with van der Waals surface area (Å²) in [6, 6.07) is -3.48. The predicted molar refractivity (Wildman–Crippen MR) is 108 cm³/mol. The molecule has 0 spiro atoms. The summed E-state index contributed by atoms with van der Waals surface area (Å²) < 4.78 is 0. The van der Waals surface area contributed by atoms with E-state index in [1.807, 2.05) is 0 Å². The fraction of sp³-hybridized carbons (Fsp3) is 0.556. The zero-order valence-corrected chi connectivity index (χ0v) is 17.4. The van der Waals surface area contributed by atoms with Gasteiger partial charge in [0.2, 0.25) is 23.6 Å². The molecule has 4 amide bonds. The number of carbonyl (C=O) groups excluding carboxylic acids is 4. The van der Waals surface area contributed by atoms with Crippen LogP contribution in [0.25, 0.3) is 0 Å². The number of primary amides is 1. The minimum Gasteiger partial charge on any atom is -0.480 e. The van der Waals surface area contributed by atoms with Crippen molar-refractivity contribution in [3.8, 4) is 0 Å². The van der Waals surface area contributed by atoms with Crippen LogP contribution in [0.15, 0.2) is 12.5 Å². The van der Waals surface area contributed by atoms with E-state index in [4.69, 9.17) is 16.6 Å². The van der Waals surface area contributed by atoms with Crippen molar-refractivity contribution in [1.29, 1.82) is 0 Å². The highest BCUT2D eigenvalue weighted by Gasteiger charge is 2.31.